The number of phenolic OH excluding ortho intramolecular Hbond substituents is 1. The molecule has 5 heteroatoms. The van der Waals surface area contributed by atoms with E-state index in [1.165, 1.54) is 6.07 Å². The largest absolute Gasteiger partial charge is 0.507 e. The molecule has 0 unspecified atom stereocenters. The fourth-order valence-corrected chi connectivity index (χ4v) is 2.18. The summed E-state index contributed by atoms with van der Waals surface area (Å²) < 4.78 is 5.10. The summed E-state index contributed by atoms with van der Waals surface area (Å²) >= 11 is 0. The van der Waals surface area contributed by atoms with Crippen LogP contribution in [0.1, 0.15) is 34.8 Å². The van der Waals surface area contributed by atoms with Gasteiger partial charge in [-0.25, -0.2) is 4.79 Å². The van der Waals surface area contributed by atoms with Crippen molar-refractivity contribution in [2.45, 2.75) is 20.0 Å². The number of Topliss-reactive ketones (excluding diaryl/α,β-unsaturated/α-hetero) is 1. The van der Waals surface area contributed by atoms with Gasteiger partial charge in [-0.1, -0.05) is 55.5 Å². The number of hydrogen-bond acceptors (Lipinski definition) is 4. The van der Waals surface area contributed by atoms with Crippen LogP contribution in [0.5, 0.6) is 5.75 Å². The molecular formula is C20H21NO4. The predicted molar refractivity (Wildman–Crippen MR) is 96.4 cm³/mol. The molecule has 0 aliphatic rings. The number of rotatable bonds is 7. The van der Waals surface area contributed by atoms with Gasteiger partial charge in [0.05, 0.1) is 5.56 Å². The second kappa shape index (κ2) is 9.27. The van der Waals surface area contributed by atoms with E-state index >= 15 is 0 Å². The zero-order valence-corrected chi connectivity index (χ0v) is 14.1. The molecule has 0 radical (unpaired) electrons. The lowest BCUT2D eigenvalue weighted by atomic mass is 10.0. The summed E-state index contributed by atoms with van der Waals surface area (Å²) in [5.74, 6) is -0.137. The molecule has 25 heavy (non-hydrogen) atoms. The Hall–Kier alpha value is -3.08. The van der Waals surface area contributed by atoms with E-state index < -0.39 is 6.09 Å². The summed E-state index contributed by atoms with van der Waals surface area (Å²) in [6.45, 7) is 2.26. The predicted octanol–water partition coefficient (Wildman–Crippen LogP) is 3.92. The standard InChI is InChI=1S/C20H21NO4/c1-2-18(22)17-13-15(10-11-19(17)23)9-6-12-21-20(24)25-14-16-7-4-3-5-8-16/h3-11,13,23H,2,12,14H2,1H3,(H,21,24). The third kappa shape index (κ3) is 5.80. The van der Waals surface area contributed by atoms with Crippen molar-refractivity contribution in [1.29, 1.82) is 0 Å². The molecular weight excluding hydrogens is 318 g/mol. The molecule has 1 amide bonds. The minimum Gasteiger partial charge on any atom is -0.507 e. The lowest BCUT2D eigenvalue weighted by molar-refractivity contribution is 0.0985. The molecule has 2 rings (SSSR count). The average molecular weight is 339 g/mol. The number of amides is 1. The lowest BCUT2D eigenvalue weighted by Crippen LogP contribution is -2.24. The first-order chi connectivity index (χ1) is 12.1. The molecule has 2 aromatic carbocycles. The number of benzene rings is 2. The average Bonchev–Trinajstić information content (AvgIpc) is 2.65. The van der Waals surface area contributed by atoms with E-state index in [0.29, 0.717) is 18.5 Å². The third-order valence-electron chi connectivity index (χ3n) is 3.53. The highest BCUT2D eigenvalue weighted by Gasteiger charge is 2.09. The molecule has 0 bridgehead atoms. The molecule has 0 heterocycles. The molecule has 0 atom stereocenters. The SMILES string of the molecule is CCC(=O)c1cc(C=CCNC(=O)OCc2ccccc2)ccc1O. The van der Waals surface area contributed by atoms with Crippen LogP contribution in [0.2, 0.25) is 0 Å². The van der Waals surface area contributed by atoms with Crippen molar-refractivity contribution in [2.75, 3.05) is 6.54 Å². The van der Waals surface area contributed by atoms with Crippen molar-refractivity contribution >= 4 is 18.0 Å². The number of carbonyl (C=O) groups excluding carboxylic acids is 2. The van der Waals surface area contributed by atoms with E-state index in [-0.39, 0.29) is 18.1 Å². The van der Waals surface area contributed by atoms with Crippen molar-refractivity contribution in [3.8, 4) is 5.75 Å². The van der Waals surface area contributed by atoms with Gasteiger partial charge in [0.25, 0.3) is 0 Å². The fourth-order valence-electron chi connectivity index (χ4n) is 2.18. The van der Waals surface area contributed by atoms with Gasteiger partial charge < -0.3 is 15.2 Å². The van der Waals surface area contributed by atoms with Crippen LogP contribution in [-0.2, 0) is 11.3 Å². The highest BCUT2D eigenvalue weighted by molar-refractivity contribution is 5.98. The van der Waals surface area contributed by atoms with Crippen LogP contribution in [0.15, 0.2) is 54.6 Å². The Morgan fingerprint density at radius 2 is 1.92 bits per heavy atom. The quantitative estimate of drug-likeness (QED) is 0.750. The van der Waals surface area contributed by atoms with E-state index in [1.54, 1.807) is 31.2 Å². The Labute approximate surface area is 146 Å². The van der Waals surface area contributed by atoms with Crippen molar-refractivity contribution in [3.05, 3.63) is 71.3 Å². The molecule has 2 N–H and O–H groups in total. The van der Waals surface area contributed by atoms with Gasteiger partial charge in [0.15, 0.2) is 5.78 Å². The highest BCUT2D eigenvalue weighted by Crippen LogP contribution is 2.20. The van der Waals surface area contributed by atoms with Gasteiger partial charge in [0.2, 0.25) is 0 Å². The summed E-state index contributed by atoms with van der Waals surface area (Å²) in [4.78, 5) is 23.3. The topological polar surface area (TPSA) is 75.6 Å². The number of ketones is 1. The Balaban J connectivity index is 1.81. The smallest absolute Gasteiger partial charge is 0.407 e. The van der Waals surface area contributed by atoms with Gasteiger partial charge >= 0.3 is 6.09 Å². The van der Waals surface area contributed by atoms with Crippen LogP contribution >= 0.6 is 0 Å². The van der Waals surface area contributed by atoms with Gasteiger partial charge in [-0.05, 0) is 23.3 Å². The second-order valence-corrected chi connectivity index (χ2v) is 5.40. The second-order valence-electron chi connectivity index (χ2n) is 5.40. The molecule has 0 saturated carbocycles. The maximum atomic E-state index is 11.7. The first kappa shape index (κ1) is 18.3. The molecule has 0 aromatic heterocycles. The van der Waals surface area contributed by atoms with Crippen molar-refractivity contribution < 1.29 is 19.4 Å². The number of aromatic hydroxyl groups is 1. The van der Waals surface area contributed by atoms with Crippen LogP contribution in [0, 0.1) is 0 Å². The third-order valence-corrected chi connectivity index (χ3v) is 3.53. The lowest BCUT2D eigenvalue weighted by Gasteiger charge is -2.05. The minimum absolute atomic E-state index is 0.0217. The van der Waals surface area contributed by atoms with Crippen LogP contribution in [0.4, 0.5) is 4.79 Å². The van der Waals surface area contributed by atoms with Crippen LogP contribution in [0.25, 0.3) is 6.08 Å². The summed E-state index contributed by atoms with van der Waals surface area (Å²) in [7, 11) is 0. The van der Waals surface area contributed by atoms with Crippen LogP contribution < -0.4 is 5.32 Å². The zero-order chi connectivity index (χ0) is 18.1. The summed E-state index contributed by atoms with van der Waals surface area (Å²) in [5.41, 5.74) is 2.00. The summed E-state index contributed by atoms with van der Waals surface area (Å²) in [6.07, 6.45) is 3.34. The van der Waals surface area contributed by atoms with E-state index in [9.17, 15) is 14.7 Å². The summed E-state index contributed by atoms with van der Waals surface area (Å²) in [5, 5.41) is 12.3. The van der Waals surface area contributed by atoms with Gasteiger partial charge in [-0.2, -0.15) is 0 Å². The van der Waals surface area contributed by atoms with Crippen molar-refractivity contribution in [2.24, 2.45) is 0 Å². The van der Waals surface area contributed by atoms with E-state index in [1.807, 2.05) is 30.3 Å². The Bertz CT molecular complexity index is 754. The zero-order valence-electron chi connectivity index (χ0n) is 14.1. The normalized spacial score (nSPS) is 10.6. The highest BCUT2D eigenvalue weighted by atomic mass is 16.5. The minimum atomic E-state index is -0.499. The molecule has 2 aromatic rings. The molecule has 0 spiro atoms. The Morgan fingerprint density at radius 1 is 1.16 bits per heavy atom. The van der Waals surface area contributed by atoms with Crippen molar-refractivity contribution in [1.82, 2.24) is 5.32 Å². The van der Waals surface area contributed by atoms with E-state index in [0.717, 1.165) is 11.1 Å². The Kier molecular flexibility index (Phi) is 6.77. The van der Waals surface area contributed by atoms with E-state index in [4.69, 9.17) is 4.74 Å². The molecule has 5 nitrogen and oxygen atoms in total. The van der Waals surface area contributed by atoms with Crippen LogP contribution in [0.3, 0.4) is 0 Å². The monoisotopic (exact) mass is 339 g/mol. The van der Waals surface area contributed by atoms with Gasteiger partial charge in [0.1, 0.15) is 12.4 Å². The van der Waals surface area contributed by atoms with Crippen LogP contribution in [-0.4, -0.2) is 23.5 Å². The number of nitrogens with one attached hydrogen (secondary N) is 1. The number of carbonyl (C=O) groups is 2. The molecule has 0 aliphatic heterocycles. The maximum absolute atomic E-state index is 11.7. The van der Waals surface area contributed by atoms with Gasteiger partial charge in [-0.3, -0.25) is 4.79 Å². The number of ether oxygens (including phenoxy) is 1. The number of alkyl carbamates (subject to hydrolysis) is 1. The molecule has 130 valence electrons. The molecule has 0 aliphatic carbocycles. The van der Waals surface area contributed by atoms with Gasteiger partial charge in [-0.15, -0.1) is 0 Å². The summed E-state index contributed by atoms with van der Waals surface area (Å²) in [6, 6.07) is 14.3. The Morgan fingerprint density at radius 3 is 2.64 bits per heavy atom. The number of phenols is 1. The van der Waals surface area contributed by atoms with E-state index in [2.05, 4.69) is 5.32 Å². The number of hydrogen-bond donors (Lipinski definition) is 2. The molecule has 0 fully saturated rings. The fraction of sp³-hybridized carbons (Fsp3) is 0.200. The van der Waals surface area contributed by atoms with Crippen molar-refractivity contribution in [3.63, 3.8) is 0 Å². The maximum Gasteiger partial charge on any atom is 0.407 e. The first-order valence-corrected chi connectivity index (χ1v) is 8.07. The first-order valence-electron chi connectivity index (χ1n) is 8.07. The van der Waals surface area contributed by atoms with Gasteiger partial charge in [0, 0.05) is 13.0 Å². The molecule has 0 saturated heterocycles.